The Bertz CT molecular complexity index is 577. The Morgan fingerprint density at radius 1 is 1.40 bits per heavy atom. The molecule has 3 rings (SSSR count). The minimum absolute atomic E-state index is 0.0958. The van der Waals surface area contributed by atoms with Gasteiger partial charge in [0.2, 0.25) is 5.91 Å². The lowest BCUT2D eigenvalue weighted by molar-refractivity contribution is 0.0847. The number of carbonyl (C=O) groups excluding carboxylic acids is 1. The second-order valence-corrected chi connectivity index (χ2v) is 5.53. The summed E-state index contributed by atoms with van der Waals surface area (Å²) in [4.78, 5) is 14.5. The van der Waals surface area contributed by atoms with Gasteiger partial charge in [-0.15, -0.1) is 17.5 Å². The first-order valence-electron chi connectivity index (χ1n) is 7.04. The molecule has 0 spiro atoms. The number of amides is 1. The van der Waals surface area contributed by atoms with Crippen molar-refractivity contribution in [1.82, 2.24) is 4.81 Å². The average molecular weight is 287 g/mol. The van der Waals surface area contributed by atoms with Crippen LogP contribution >= 0.6 is 11.6 Å². The fourth-order valence-corrected chi connectivity index (χ4v) is 2.56. The molecule has 20 heavy (non-hydrogen) atoms. The normalized spacial score (nSPS) is 17.1. The molecule has 1 saturated carbocycles. The maximum Gasteiger partial charge on any atom is 0.465 e. The lowest BCUT2D eigenvalue weighted by Gasteiger charge is -2.32. The lowest BCUT2D eigenvalue weighted by atomic mass is 9.71. The molecule has 1 aromatic rings. The molecule has 1 N–H and O–H groups in total. The van der Waals surface area contributed by atoms with Crippen molar-refractivity contribution in [3.63, 3.8) is 0 Å². The van der Waals surface area contributed by atoms with Gasteiger partial charge in [-0.05, 0) is 31.4 Å². The van der Waals surface area contributed by atoms with Crippen LogP contribution in [0.5, 0.6) is 0 Å². The van der Waals surface area contributed by atoms with E-state index in [0.717, 1.165) is 36.9 Å². The smallest absolute Gasteiger partial charge is 0.397 e. The number of carbonyl (C=O) groups is 1. The molecule has 1 aliphatic carbocycles. The number of hydrogen-bond acceptors (Lipinski definition) is 2. The van der Waals surface area contributed by atoms with Gasteiger partial charge in [0.05, 0.1) is 5.56 Å². The molecule has 0 unspecified atom stereocenters. The number of rotatable bonds is 3. The number of halogens is 1. The van der Waals surface area contributed by atoms with Gasteiger partial charge in [-0.1, -0.05) is 18.0 Å². The Labute approximate surface area is 124 Å². The van der Waals surface area contributed by atoms with Crippen molar-refractivity contribution in [3.8, 4) is 11.7 Å². The van der Waals surface area contributed by atoms with Crippen LogP contribution in [0.25, 0.3) is 0 Å². The van der Waals surface area contributed by atoms with Crippen LogP contribution in [0.15, 0.2) is 24.3 Å². The maximum absolute atomic E-state index is 12.6. The van der Waals surface area contributed by atoms with Gasteiger partial charge in [0, 0.05) is 24.0 Å². The predicted octanol–water partition coefficient (Wildman–Crippen LogP) is 2.77. The number of alkyl halides is 1. The molecule has 0 bridgehead atoms. The van der Waals surface area contributed by atoms with Crippen molar-refractivity contribution in [2.75, 3.05) is 11.1 Å². The summed E-state index contributed by atoms with van der Waals surface area (Å²) in [5.74, 6) is 7.04. The van der Waals surface area contributed by atoms with Gasteiger partial charge >= 0.3 is 6.98 Å². The third-order valence-corrected chi connectivity index (χ3v) is 3.84. The second kappa shape index (κ2) is 5.81. The first-order chi connectivity index (χ1) is 9.81. The van der Waals surface area contributed by atoms with E-state index in [-0.39, 0.29) is 12.9 Å². The van der Waals surface area contributed by atoms with Crippen molar-refractivity contribution < 1.29 is 4.79 Å². The van der Waals surface area contributed by atoms with Gasteiger partial charge in [-0.25, -0.2) is 0 Å². The van der Waals surface area contributed by atoms with Crippen molar-refractivity contribution >= 4 is 30.2 Å². The quantitative estimate of drug-likeness (QED) is 0.401. The minimum atomic E-state index is -0.208. The molecule has 5 heteroatoms. The molecule has 1 heterocycles. The second-order valence-electron chi connectivity index (χ2n) is 5.15. The van der Waals surface area contributed by atoms with E-state index in [4.69, 9.17) is 11.6 Å². The van der Waals surface area contributed by atoms with E-state index in [1.54, 1.807) is 0 Å². The molecule has 3 nitrogen and oxygen atoms in total. The molecule has 0 aromatic heterocycles. The molecule has 1 fully saturated rings. The highest BCUT2D eigenvalue weighted by Gasteiger charge is 2.43. The highest BCUT2D eigenvalue weighted by atomic mass is 35.5. The number of benzene rings is 1. The standard InChI is InChI=1S/C15H16BClN2O/c17-11-5-1-4-10-16-18-14-7-3-2-6-13(14)15(20)19(16)12-8-9-12/h2-3,6-7,12,18H,1,5,8-9,11H2. The minimum Gasteiger partial charge on any atom is -0.397 e. The predicted molar refractivity (Wildman–Crippen MR) is 82.7 cm³/mol. The average Bonchev–Trinajstić information content (AvgIpc) is 3.28. The zero-order valence-corrected chi connectivity index (χ0v) is 12.0. The van der Waals surface area contributed by atoms with E-state index < -0.39 is 0 Å². The maximum atomic E-state index is 12.6. The number of para-hydroxylation sites is 1. The van der Waals surface area contributed by atoms with Gasteiger partial charge in [-0.3, -0.25) is 4.79 Å². The highest BCUT2D eigenvalue weighted by molar-refractivity contribution is 6.72. The summed E-state index contributed by atoms with van der Waals surface area (Å²) in [7, 11) is 0. The van der Waals surface area contributed by atoms with Gasteiger partial charge in [0.1, 0.15) is 0 Å². The summed E-state index contributed by atoms with van der Waals surface area (Å²) in [6.45, 7) is -0.208. The zero-order valence-electron chi connectivity index (χ0n) is 11.2. The lowest BCUT2D eigenvalue weighted by Crippen LogP contribution is -2.53. The largest absolute Gasteiger partial charge is 0.465 e. The van der Waals surface area contributed by atoms with Crippen molar-refractivity contribution in [2.45, 2.75) is 31.7 Å². The van der Waals surface area contributed by atoms with E-state index >= 15 is 0 Å². The Morgan fingerprint density at radius 3 is 2.95 bits per heavy atom. The highest BCUT2D eigenvalue weighted by Crippen LogP contribution is 2.33. The van der Waals surface area contributed by atoms with E-state index in [9.17, 15) is 4.79 Å². The first kappa shape index (κ1) is 13.4. The van der Waals surface area contributed by atoms with Crippen LogP contribution in [0.3, 0.4) is 0 Å². The van der Waals surface area contributed by atoms with Crippen LogP contribution in [-0.2, 0) is 0 Å². The van der Waals surface area contributed by atoms with Gasteiger partial charge in [0.15, 0.2) is 0 Å². The molecule has 1 amide bonds. The van der Waals surface area contributed by atoms with Gasteiger partial charge in [-0.2, -0.15) is 0 Å². The summed E-state index contributed by atoms with van der Waals surface area (Å²) in [6.07, 6.45) is 3.82. The molecule has 102 valence electrons. The Morgan fingerprint density at radius 2 is 2.20 bits per heavy atom. The third kappa shape index (κ3) is 2.64. The Kier molecular flexibility index (Phi) is 3.89. The van der Waals surface area contributed by atoms with Crippen molar-refractivity contribution in [3.05, 3.63) is 29.8 Å². The number of fused-ring (bicyclic) bond motifs is 1. The summed E-state index contributed by atoms with van der Waals surface area (Å²) in [5, 5.41) is 3.37. The molecule has 0 saturated heterocycles. The molecule has 2 aliphatic rings. The molecular weight excluding hydrogens is 270 g/mol. The van der Waals surface area contributed by atoms with E-state index in [2.05, 4.69) is 17.0 Å². The fourth-order valence-electron chi connectivity index (χ4n) is 2.43. The van der Waals surface area contributed by atoms with Crippen LogP contribution in [0.1, 0.15) is 36.0 Å². The Balaban J connectivity index is 1.85. The monoisotopic (exact) mass is 286 g/mol. The number of hydrogen-bond donors (Lipinski definition) is 1. The van der Waals surface area contributed by atoms with Crippen LogP contribution in [0.4, 0.5) is 5.69 Å². The summed E-state index contributed by atoms with van der Waals surface area (Å²) in [6, 6.07) is 7.98. The van der Waals surface area contributed by atoms with Crippen molar-refractivity contribution in [2.24, 2.45) is 0 Å². The number of nitrogens with one attached hydrogen (secondary N) is 1. The molecule has 0 radical (unpaired) electrons. The third-order valence-electron chi connectivity index (χ3n) is 3.58. The van der Waals surface area contributed by atoms with Crippen LogP contribution in [0, 0.1) is 11.7 Å². The number of unbranched alkanes of at least 4 members (excludes halogenated alkanes) is 1. The molecule has 1 aliphatic heterocycles. The van der Waals surface area contributed by atoms with Gasteiger partial charge in [0.25, 0.3) is 0 Å². The summed E-state index contributed by atoms with van der Waals surface area (Å²) < 4.78 is 0. The molecular formula is C15H16BClN2O. The first-order valence-corrected chi connectivity index (χ1v) is 7.57. The SMILES string of the molecule is O=C1c2ccccc2NB(C#CCCCCl)N1C1CC1. The summed E-state index contributed by atoms with van der Waals surface area (Å²) in [5.41, 5.74) is 1.63. The van der Waals surface area contributed by atoms with Gasteiger partial charge < -0.3 is 10.0 Å². The van der Waals surface area contributed by atoms with Crippen LogP contribution in [0.2, 0.25) is 0 Å². The van der Waals surface area contributed by atoms with E-state index in [1.807, 2.05) is 29.1 Å². The van der Waals surface area contributed by atoms with Crippen LogP contribution in [-0.4, -0.2) is 29.6 Å². The van der Waals surface area contributed by atoms with E-state index in [0.29, 0.717) is 11.9 Å². The summed E-state index contributed by atoms with van der Waals surface area (Å²) >= 11 is 5.65. The zero-order chi connectivity index (χ0) is 13.9. The molecule has 0 atom stereocenters. The molecule has 1 aromatic carbocycles. The number of anilines is 1. The Hall–Kier alpha value is -1.60. The fraction of sp³-hybridized carbons (Fsp3) is 0.400. The van der Waals surface area contributed by atoms with Crippen molar-refractivity contribution in [1.29, 1.82) is 0 Å². The van der Waals surface area contributed by atoms with E-state index in [1.165, 1.54) is 0 Å². The number of nitrogens with zero attached hydrogens (tertiary/aromatic N) is 1. The van der Waals surface area contributed by atoms with Crippen LogP contribution < -0.4 is 5.23 Å². The topological polar surface area (TPSA) is 32.3 Å².